The van der Waals surface area contributed by atoms with Gasteiger partial charge in [0.2, 0.25) is 0 Å². The average Bonchev–Trinajstić information content (AvgIpc) is 2.85. The second-order valence-electron chi connectivity index (χ2n) is 6.27. The Labute approximate surface area is 125 Å². The zero-order valence-electron chi connectivity index (χ0n) is 12.7. The van der Waals surface area contributed by atoms with Gasteiger partial charge in [-0.05, 0) is 38.0 Å². The van der Waals surface area contributed by atoms with Gasteiger partial charge in [-0.15, -0.1) is 0 Å². The molecule has 0 radical (unpaired) electrons. The van der Waals surface area contributed by atoms with Gasteiger partial charge >= 0.3 is 12.0 Å². The van der Waals surface area contributed by atoms with Crippen molar-refractivity contribution in [2.75, 3.05) is 19.7 Å². The van der Waals surface area contributed by atoms with Gasteiger partial charge in [-0.1, -0.05) is 6.92 Å². The minimum absolute atomic E-state index is 0.000535. The molecule has 2 heterocycles. The molecular weight excluding hydrogens is 272 g/mol. The molecular formula is C15H26N2O4. The van der Waals surface area contributed by atoms with Crippen molar-refractivity contribution in [2.24, 2.45) is 5.92 Å². The second-order valence-corrected chi connectivity index (χ2v) is 6.27. The summed E-state index contributed by atoms with van der Waals surface area (Å²) in [7, 11) is 0. The third-order valence-corrected chi connectivity index (χ3v) is 4.88. The van der Waals surface area contributed by atoms with E-state index in [2.05, 4.69) is 6.92 Å². The second kappa shape index (κ2) is 7.11. The lowest BCUT2D eigenvalue weighted by Crippen LogP contribution is -2.52. The molecule has 2 rings (SSSR count). The number of carboxylic acids is 1. The van der Waals surface area contributed by atoms with Crippen molar-refractivity contribution in [1.82, 2.24) is 9.80 Å². The Bertz CT molecular complexity index is 388. The van der Waals surface area contributed by atoms with E-state index in [4.69, 9.17) is 5.11 Å². The monoisotopic (exact) mass is 298 g/mol. The first-order valence-electron chi connectivity index (χ1n) is 7.94. The topological polar surface area (TPSA) is 81.1 Å². The quantitative estimate of drug-likeness (QED) is 0.824. The van der Waals surface area contributed by atoms with Gasteiger partial charge in [0.05, 0.1) is 12.6 Å². The molecule has 0 aromatic carbocycles. The Morgan fingerprint density at radius 1 is 1.14 bits per heavy atom. The highest BCUT2D eigenvalue weighted by Gasteiger charge is 2.38. The third kappa shape index (κ3) is 3.67. The Morgan fingerprint density at radius 3 is 2.57 bits per heavy atom. The molecule has 2 N–H and O–H groups in total. The van der Waals surface area contributed by atoms with Gasteiger partial charge < -0.3 is 20.0 Å². The zero-order chi connectivity index (χ0) is 15.4. The normalized spacial score (nSPS) is 29.7. The number of rotatable bonds is 4. The number of nitrogens with zero attached hydrogens (tertiary/aromatic N) is 2. The van der Waals surface area contributed by atoms with Crippen LogP contribution >= 0.6 is 0 Å². The van der Waals surface area contributed by atoms with Crippen LogP contribution in [-0.4, -0.2) is 63.8 Å². The summed E-state index contributed by atoms with van der Waals surface area (Å²) in [5.41, 5.74) is 0. The van der Waals surface area contributed by atoms with Crippen molar-refractivity contribution in [1.29, 1.82) is 0 Å². The van der Waals surface area contributed by atoms with Crippen molar-refractivity contribution in [2.45, 2.75) is 57.5 Å². The lowest BCUT2D eigenvalue weighted by molar-refractivity contribution is -0.137. The van der Waals surface area contributed by atoms with Crippen molar-refractivity contribution >= 4 is 12.0 Å². The first-order chi connectivity index (χ1) is 10.0. The smallest absolute Gasteiger partial charge is 0.320 e. The number of amides is 2. The predicted octanol–water partition coefficient (Wildman–Crippen LogP) is 1.53. The minimum atomic E-state index is -0.809. The highest BCUT2D eigenvalue weighted by Crippen LogP contribution is 2.28. The molecule has 0 bridgehead atoms. The summed E-state index contributed by atoms with van der Waals surface area (Å²) in [5.74, 6) is -0.489. The molecule has 0 spiro atoms. The van der Waals surface area contributed by atoms with Crippen molar-refractivity contribution in [3.63, 3.8) is 0 Å². The molecule has 0 aromatic rings. The number of carbonyl (C=O) groups excluding carboxylic acids is 1. The van der Waals surface area contributed by atoms with Crippen LogP contribution in [0.4, 0.5) is 4.79 Å². The molecule has 3 atom stereocenters. The molecule has 6 heteroatoms. The number of hydrogen-bond acceptors (Lipinski definition) is 3. The van der Waals surface area contributed by atoms with E-state index in [9.17, 15) is 14.7 Å². The van der Waals surface area contributed by atoms with Gasteiger partial charge in [0, 0.05) is 25.6 Å². The van der Waals surface area contributed by atoms with Crippen LogP contribution in [-0.2, 0) is 4.79 Å². The van der Waals surface area contributed by atoms with Crippen LogP contribution in [0.25, 0.3) is 0 Å². The fourth-order valence-electron chi connectivity index (χ4n) is 3.53. The number of aliphatic hydroxyl groups is 1. The van der Waals surface area contributed by atoms with Crippen molar-refractivity contribution in [3.8, 4) is 0 Å². The fourth-order valence-corrected chi connectivity index (χ4v) is 3.53. The molecule has 2 fully saturated rings. The van der Waals surface area contributed by atoms with Crippen LogP contribution in [0.3, 0.4) is 0 Å². The zero-order valence-corrected chi connectivity index (χ0v) is 12.7. The van der Waals surface area contributed by atoms with Gasteiger partial charge in [-0.2, -0.15) is 0 Å². The van der Waals surface area contributed by atoms with E-state index in [1.165, 1.54) is 0 Å². The molecule has 2 saturated heterocycles. The van der Waals surface area contributed by atoms with Gasteiger partial charge in [0.15, 0.2) is 0 Å². The van der Waals surface area contributed by atoms with Crippen LogP contribution in [0.2, 0.25) is 0 Å². The van der Waals surface area contributed by atoms with E-state index in [0.29, 0.717) is 25.4 Å². The van der Waals surface area contributed by atoms with Crippen molar-refractivity contribution < 1.29 is 19.8 Å². The largest absolute Gasteiger partial charge is 0.481 e. The van der Waals surface area contributed by atoms with Crippen LogP contribution in [0.5, 0.6) is 0 Å². The highest BCUT2D eigenvalue weighted by molar-refractivity contribution is 5.76. The molecule has 2 amide bonds. The number of carboxylic acid groups (broad SMARTS) is 1. The Balaban J connectivity index is 2.02. The summed E-state index contributed by atoms with van der Waals surface area (Å²) >= 11 is 0. The molecule has 6 nitrogen and oxygen atoms in total. The number of hydrogen-bond donors (Lipinski definition) is 2. The maximum absolute atomic E-state index is 12.8. The van der Waals surface area contributed by atoms with Crippen LogP contribution < -0.4 is 0 Å². The lowest BCUT2D eigenvalue weighted by atomic mass is 9.98. The minimum Gasteiger partial charge on any atom is -0.481 e. The van der Waals surface area contributed by atoms with E-state index in [-0.39, 0.29) is 31.1 Å². The van der Waals surface area contributed by atoms with Crippen LogP contribution in [0.1, 0.15) is 45.4 Å². The van der Waals surface area contributed by atoms with E-state index >= 15 is 0 Å². The van der Waals surface area contributed by atoms with Crippen LogP contribution in [0.15, 0.2) is 0 Å². The Kier molecular flexibility index (Phi) is 5.45. The van der Waals surface area contributed by atoms with Gasteiger partial charge in [0.25, 0.3) is 0 Å². The van der Waals surface area contributed by atoms with E-state index in [1.54, 1.807) is 4.90 Å². The summed E-state index contributed by atoms with van der Waals surface area (Å²) in [5, 5.41) is 18.4. The molecule has 0 aromatic heterocycles. The summed E-state index contributed by atoms with van der Waals surface area (Å²) in [6.07, 6.45) is 4.45. The van der Waals surface area contributed by atoms with Gasteiger partial charge in [0.1, 0.15) is 0 Å². The van der Waals surface area contributed by atoms with E-state index < -0.39 is 5.97 Å². The molecule has 0 saturated carbocycles. The number of piperidine rings is 1. The molecule has 21 heavy (non-hydrogen) atoms. The number of likely N-dealkylation sites (tertiary alicyclic amines) is 2. The molecule has 0 aliphatic carbocycles. The standard InChI is InChI=1S/C15H26N2O4/c1-11-7-9-17(13(11)10-18)15(21)16-8-3-2-4-12(16)5-6-14(19)20/h11-13,18H,2-10H2,1H3,(H,19,20). The van der Waals surface area contributed by atoms with E-state index in [0.717, 1.165) is 25.7 Å². The Hall–Kier alpha value is -1.30. The molecule has 120 valence electrons. The molecule has 2 aliphatic heterocycles. The first-order valence-corrected chi connectivity index (χ1v) is 7.94. The highest BCUT2D eigenvalue weighted by atomic mass is 16.4. The lowest BCUT2D eigenvalue weighted by Gasteiger charge is -2.39. The Morgan fingerprint density at radius 2 is 1.90 bits per heavy atom. The maximum Gasteiger partial charge on any atom is 0.320 e. The number of aliphatic hydroxyl groups excluding tert-OH is 1. The molecule has 2 aliphatic rings. The predicted molar refractivity (Wildman–Crippen MR) is 78.0 cm³/mol. The average molecular weight is 298 g/mol. The number of urea groups is 1. The summed E-state index contributed by atoms with van der Waals surface area (Å²) < 4.78 is 0. The van der Waals surface area contributed by atoms with Gasteiger partial charge in [-0.25, -0.2) is 4.79 Å². The summed E-state index contributed by atoms with van der Waals surface area (Å²) in [6.45, 7) is 3.45. The fraction of sp³-hybridized carbons (Fsp3) is 0.867. The summed E-state index contributed by atoms with van der Waals surface area (Å²) in [6, 6.07) is -0.0920. The van der Waals surface area contributed by atoms with E-state index in [1.807, 2.05) is 4.90 Å². The third-order valence-electron chi connectivity index (χ3n) is 4.88. The van der Waals surface area contributed by atoms with Crippen LogP contribution in [0, 0.1) is 5.92 Å². The number of carbonyl (C=O) groups is 2. The molecule has 3 unspecified atom stereocenters. The van der Waals surface area contributed by atoms with Gasteiger partial charge in [-0.3, -0.25) is 4.79 Å². The van der Waals surface area contributed by atoms with Crippen molar-refractivity contribution in [3.05, 3.63) is 0 Å². The summed E-state index contributed by atoms with van der Waals surface area (Å²) in [4.78, 5) is 27.2. The maximum atomic E-state index is 12.8. The number of aliphatic carboxylic acids is 1. The SMILES string of the molecule is CC1CCN(C(=O)N2CCCCC2CCC(=O)O)C1CO. The first kappa shape index (κ1) is 16.1.